The number of halogens is 1. The highest BCUT2D eigenvalue weighted by atomic mass is 35.5. The third-order valence-electron chi connectivity index (χ3n) is 3.76. The molecule has 1 heterocycles. The second-order valence-electron chi connectivity index (χ2n) is 5.22. The maximum Gasteiger partial charge on any atom is 0.240 e. The summed E-state index contributed by atoms with van der Waals surface area (Å²) in [5, 5.41) is 0. The van der Waals surface area contributed by atoms with Crippen LogP contribution in [-0.4, -0.2) is 26.5 Å². The van der Waals surface area contributed by atoms with Crippen LogP contribution in [0.2, 0.25) is 0 Å². The third kappa shape index (κ3) is 3.30. The number of hydrogen-bond acceptors (Lipinski definition) is 4. The Morgan fingerprint density at radius 2 is 2.00 bits per heavy atom. The maximum atomic E-state index is 11.8. The van der Waals surface area contributed by atoms with E-state index in [1.807, 2.05) is 24.4 Å². The van der Waals surface area contributed by atoms with Gasteiger partial charge in [-0.1, -0.05) is 18.2 Å². The van der Waals surface area contributed by atoms with Crippen molar-refractivity contribution in [3.05, 3.63) is 48.2 Å². The first-order chi connectivity index (χ1) is 10.0. The molecule has 0 spiro atoms. The van der Waals surface area contributed by atoms with E-state index in [1.54, 1.807) is 18.2 Å². The Morgan fingerprint density at radius 1 is 1.27 bits per heavy atom. The molecule has 1 aromatic heterocycles. The minimum Gasteiger partial charge on any atom is -0.327 e. The van der Waals surface area contributed by atoms with E-state index in [0.29, 0.717) is 5.92 Å². The second-order valence-corrected chi connectivity index (χ2v) is 7.10. The van der Waals surface area contributed by atoms with Gasteiger partial charge in [-0.25, -0.2) is 13.1 Å². The van der Waals surface area contributed by atoms with Gasteiger partial charge in [0.15, 0.2) is 0 Å². The molecule has 0 radical (unpaired) electrons. The van der Waals surface area contributed by atoms with Crippen LogP contribution in [-0.2, 0) is 10.0 Å². The number of nitrogens with one attached hydrogen (secondary N) is 1. The summed E-state index contributed by atoms with van der Waals surface area (Å²) in [4.78, 5) is 4.66. The molecule has 1 saturated carbocycles. The highest BCUT2D eigenvalue weighted by Crippen LogP contribution is 2.38. The minimum absolute atomic E-state index is 0. The number of hydrogen-bond donors (Lipinski definition) is 2. The van der Waals surface area contributed by atoms with Crippen molar-refractivity contribution in [1.29, 1.82) is 0 Å². The molecule has 0 amide bonds. The van der Waals surface area contributed by atoms with E-state index in [0.717, 1.165) is 23.2 Å². The molecule has 1 aliphatic carbocycles. The SMILES string of the molecule is CNS(=O)(=O)c1cccc(-c2ccc(C3CC3N)cn2)c1.Cl. The van der Waals surface area contributed by atoms with Crippen LogP contribution in [0.25, 0.3) is 11.3 Å². The molecule has 1 aromatic carbocycles. The molecule has 0 aliphatic heterocycles. The Hall–Kier alpha value is -1.47. The van der Waals surface area contributed by atoms with E-state index in [4.69, 9.17) is 5.73 Å². The molecule has 5 nitrogen and oxygen atoms in total. The van der Waals surface area contributed by atoms with Gasteiger partial charge in [0.05, 0.1) is 10.6 Å². The minimum atomic E-state index is -3.44. The molecule has 0 saturated heterocycles. The Labute approximate surface area is 136 Å². The van der Waals surface area contributed by atoms with Crippen molar-refractivity contribution in [1.82, 2.24) is 9.71 Å². The molecule has 3 N–H and O–H groups in total. The van der Waals surface area contributed by atoms with Crippen molar-refractivity contribution < 1.29 is 8.42 Å². The van der Waals surface area contributed by atoms with Gasteiger partial charge in [-0.3, -0.25) is 4.98 Å². The normalized spacial score (nSPS) is 20.3. The monoisotopic (exact) mass is 339 g/mol. The highest BCUT2D eigenvalue weighted by molar-refractivity contribution is 7.89. The zero-order valence-corrected chi connectivity index (χ0v) is 13.7. The van der Waals surface area contributed by atoms with Crippen molar-refractivity contribution in [2.75, 3.05) is 7.05 Å². The van der Waals surface area contributed by atoms with Crippen LogP contribution >= 0.6 is 12.4 Å². The molecular formula is C15H18ClN3O2S. The van der Waals surface area contributed by atoms with Crippen LogP contribution in [0.15, 0.2) is 47.5 Å². The van der Waals surface area contributed by atoms with Gasteiger partial charge in [0.2, 0.25) is 10.0 Å². The zero-order chi connectivity index (χ0) is 15.0. The first-order valence-corrected chi connectivity index (χ1v) is 8.25. The van der Waals surface area contributed by atoms with Crippen LogP contribution in [0.5, 0.6) is 0 Å². The Balaban J connectivity index is 0.00000176. The fourth-order valence-corrected chi connectivity index (χ4v) is 3.11. The first-order valence-electron chi connectivity index (χ1n) is 6.77. The summed E-state index contributed by atoms with van der Waals surface area (Å²) in [5.74, 6) is 0.419. The third-order valence-corrected chi connectivity index (χ3v) is 5.18. The van der Waals surface area contributed by atoms with Crippen molar-refractivity contribution >= 4 is 22.4 Å². The van der Waals surface area contributed by atoms with Crippen LogP contribution in [0.3, 0.4) is 0 Å². The van der Waals surface area contributed by atoms with Crippen LogP contribution in [0, 0.1) is 0 Å². The summed E-state index contributed by atoms with van der Waals surface area (Å²) in [6, 6.07) is 10.9. The zero-order valence-electron chi connectivity index (χ0n) is 12.1. The number of aromatic nitrogens is 1. The second kappa shape index (κ2) is 6.34. The molecule has 3 rings (SSSR count). The number of pyridine rings is 1. The van der Waals surface area contributed by atoms with Gasteiger partial charge >= 0.3 is 0 Å². The van der Waals surface area contributed by atoms with Gasteiger partial charge in [0, 0.05) is 23.7 Å². The van der Waals surface area contributed by atoms with E-state index in [9.17, 15) is 8.42 Å². The average molecular weight is 340 g/mol. The summed E-state index contributed by atoms with van der Waals surface area (Å²) in [5.41, 5.74) is 8.50. The largest absolute Gasteiger partial charge is 0.327 e. The fourth-order valence-electron chi connectivity index (χ4n) is 2.33. The van der Waals surface area contributed by atoms with Crippen molar-refractivity contribution in [2.45, 2.75) is 23.3 Å². The van der Waals surface area contributed by atoms with Gasteiger partial charge in [0.1, 0.15) is 0 Å². The van der Waals surface area contributed by atoms with Crippen molar-refractivity contribution in [3.63, 3.8) is 0 Å². The quantitative estimate of drug-likeness (QED) is 0.890. The van der Waals surface area contributed by atoms with Crippen LogP contribution < -0.4 is 10.5 Å². The van der Waals surface area contributed by atoms with E-state index >= 15 is 0 Å². The Bertz CT molecular complexity index is 763. The molecule has 1 fully saturated rings. The Kier molecular flexibility index (Phi) is 4.87. The lowest BCUT2D eigenvalue weighted by molar-refractivity contribution is 0.588. The maximum absolute atomic E-state index is 11.8. The van der Waals surface area contributed by atoms with Gasteiger partial charge < -0.3 is 5.73 Å². The van der Waals surface area contributed by atoms with Crippen molar-refractivity contribution in [3.8, 4) is 11.3 Å². The molecule has 2 aromatic rings. The molecule has 2 unspecified atom stereocenters. The molecule has 1 aliphatic rings. The highest BCUT2D eigenvalue weighted by Gasteiger charge is 2.34. The first kappa shape index (κ1) is 16.9. The lowest BCUT2D eigenvalue weighted by Crippen LogP contribution is -2.18. The van der Waals surface area contributed by atoms with Crippen molar-refractivity contribution in [2.24, 2.45) is 5.73 Å². The molecule has 118 valence electrons. The summed E-state index contributed by atoms with van der Waals surface area (Å²) in [7, 11) is -2.05. The molecule has 2 atom stereocenters. The fraction of sp³-hybridized carbons (Fsp3) is 0.267. The standard InChI is InChI=1S/C15H17N3O2S.ClH/c1-17-21(19,20)12-4-2-3-10(7-12)15-6-5-11(9-18-15)13-8-14(13)16;/h2-7,9,13-14,17H,8,16H2,1H3;1H. The summed E-state index contributed by atoms with van der Waals surface area (Å²) in [6.07, 6.45) is 2.84. The number of nitrogens with zero attached hydrogens (tertiary/aromatic N) is 1. The number of sulfonamides is 1. The summed E-state index contributed by atoms with van der Waals surface area (Å²) in [6.45, 7) is 0. The predicted octanol–water partition coefficient (Wildman–Crippen LogP) is 1.89. The smallest absolute Gasteiger partial charge is 0.240 e. The number of nitrogens with two attached hydrogens (primary N) is 1. The summed E-state index contributed by atoms with van der Waals surface area (Å²) < 4.78 is 26.0. The van der Waals surface area contributed by atoms with E-state index in [2.05, 4.69) is 9.71 Å². The van der Waals surface area contributed by atoms with Gasteiger partial charge in [-0.05, 0) is 37.2 Å². The van der Waals surface area contributed by atoms with Crippen LogP contribution in [0.1, 0.15) is 17.9 Å². The van der Waals surface area contributed by atoms with E-state index in [-0.39, 0.29) is 23.3 Å². The lowest BCUT2D eigenvalue weighted by atomic mass is 10.1. The molecule has 22 heavy (non-hydrogen) atoms. The molecular weight excluding hydrogens is 322 g/mol. The van der Waals surface area contributed by atoms with Gasteiger partial charge in [0.25, 0.3) is 0 Å². The van der Waals surface area contributed by atoms with Gasteiger partial charge in [-0.2, -0.15) is 0 Å². The predicted molar refractivity (Wildman–Crippen MR) is 88.5 cm³/mol. The van der Waals surface area contributed by atoms with E-state index < -0.39 is 10.0 Å². The van der Waals surface area contributed by atoms with Gasteiger partial charge in [-0.15, -0.1) is 12.4 Å². The van der Waals surface area contributed by atoms with E-state index in [1.165, 1.54) is 7.05 Å². The number of benzene rings is 1. The Morgan fingerprint density at radius 3 is 2.55 bits per heavy atom. The molecule has 0 bridgehead atoms. The average Bonchev–Trinajstić information content (AvgIpc) is 3.24. The summed E-state index contributed by atoms with van der Waals surface area (Å²) >= 11 is 0. The molecule has 7 heteroatoms. The topological polar surface area (TPSA) is 85.1 Å². The lowest BCUT2D eigenvalue weighted by Gasteiger charge is -2.06. The van der Waals surface area contributed by atoms with Crippen LogP contribution in [0.4, 0.5) is 0 Å². The number of rotatable bonds is 4.